The first-order valence-electron chi connectivity index (χ1n) is 6.94. The zero-order valence-electron chi connectivity index (χ0n) is 10.9. The first kappa shape index (κ1) is 11.8. The molecule has 1 aliphatic carbocycles. The van der Waals surface area contributed by atoms with E-state index in [0.29, 0.717) is 19.3 Å². The summed E-state index contributed by atoms with van der Waals surface area (Å²) >= 11 is 0. The van der Waals surface area contributed by atoms with Crippen LogP contribution in [0.25, 0.3) is 0 Å². The lowest BCUT2D eigenvalue weighted by molar-refractivity contribution is 0.168. The molecule has 18 heavy (non-hydrogen) atoms. The third kappa shape index (κ3) is 2.46. The Bertz CT molecular complexity index is 415. The van der Waals surface area contributed by atoms with E-state index in [4.69, 9.17) is 9.47 Å². The molecule has 2 aliphatic rings. The Kier molecular flexibility index (Phi) is 3.41. The van der Waals surface area contributed by atoms with Gasteiger partial charge in [-0.3, -0.25) is 0 Å². The topological polar surface area (TPSA) is 30.5 Å². The van der Waals surface area contributed by atoms with E-state index in [0.717, 1.165) is 17.4 Å². The van der Waals surface area contributed by atoms with E-state index in [2.05, 4.69) is 17.4 Å². The maximum atomic E-state index is 5.79. The van der Waals surface area contributed by atoms with Crippen LogP contribution in [0.15, 0.2) is 18.2 Å². The Morgan fingerprint density at radius 1 is 1.28 bits per heavy atom. The van der Waals surface area contributed by atoms with Gasteiger partial charge >= 0.3 is 0 Å². The summed E-state index contributed by atoms with van der Waals surface area (Å²) in [5.41, 5.74) is 1.25. The molecule has 0 spiro atoms. The van der Waals surface area contributed by atoms with Crippen molar-refractivity contribution in [1.82, 2.24) is 5.32 Å². The fraction of sp³-hybridized carbons (Fsp3) is 0.600. The van der Waals surface area contributed by atoms with Gasteiger partial charge in [-0.2, -0.15) is 0 Å². The Morgan fingerprint density at radius 2 is 2.11 bits per heavy atom. The first-order chi connectivity index (χ1) is 8.88. The molecule has 1 unspecified atom stereocenters. The predicted molar refractivity (Wildman–Crippen MR) is 71.2 cm³/mol. The number of ether oxygens (including phenoxy) is 2. The summed E-state index contributed by atoms with van der Waals surface area (Å²) in [6.45, 7) is 1.31. The van der Waals surface area contributed by atoms with E-state index in [1.54, 1.807) is 0 Å². The van der Waals surface area contributed by atoms with Crippen LogP contribution >= 0.6 is 0 Å². The van der Waals surface area contributed by atoms with Crippen molar-refractivity contribution < 1.29 is 9.47 Å². The highest BCUT2D eigenvalue weighted by molar-refractivity contribution is 5.48. The minimum atomic E-state index is 0.377. The summed E-state index contributed by atoms with van der Waals surface area (Å²) in [6.07, 6.45) is 5.34. The van der Waals surface area contributed by atoms with Crippen molar-refractivity contribution in [2.24, 2.45) is 5.92 Å². The zero-order chi connectivity index (χ0) is 12.4. The van der Waals surface area contributed by atoms with E-state index in [1.807, 2.05) is 13.1 Å². The van der Waals surface area contributed by atoms with Gasteiger partial charge in [0.25, 0.3) is 0 Å². The van der Waals surface area contributed by atoms with Gasteiger partial charge in [0.2, 0.25) is 0 Å². The number of hydrogen-bond acceptors (Lipinski definition) is 3. The lowest BCUT2D eigenvalue weighted by Gasteiger charge is -2.25. The predicted octanol–water partition coefficient (Wildman–Crippen LogP) is 2.91. The Morgan fingerprint density at radius 3 is 2.89 bits per heavy atom. The highest BCUT2D eigenvalue weighted by Crippen LogP contribution is 2.40. The molecule has 3 heteroatoms. The van der Waals surface area contributed by atoms with Crippen molar-refractivity contribution in [2.45, 2.75) is 31.7 Å². The average molecular weight is 247 g/mol. The van der Waals surface area contributed by atoms with Crippen molar-refractivity contribution in [1.29, 1.82) is 0 Å². The van der Waals surface area contributed by atoms with Gasteiger partial charge in [0.1, 0.15) is 13.2 Å². The molecule has 98 valence electrons. The number of hydrogen-bond donors (Lipinski definition) is 1. The van der Waals surface area contributed by atoms with Gasteiger partial charge in [-0.05, 0) is 31.9 Å². The van der Waals surface area contributed by atoms with E-state index < -0.39 is 0 Å². The number of para-hydroxylation sites is 1. The van der Waals surface area contributed by atoms with E-state index in [-0.39, 0.29) is 0 Å². The van der Waals surface area contributed by atoms with Crippen LogP contribution in [0, 0.1) is 5.92 Å². The highest BCUT2D eigenvalue weighted by atomic mass is 16.6. The molecule has 0 amide bonds. The second kappa shape index (κ2) is 5.19. The lowest BCUT2D eigenvalue weighted by atomic mass is 9.99. The largest absolute Gasteiger partial charge is 0.486 e. The fourth-order valence-corrected chi connectivity index (χ4v) is 2.63. The molecule has 1 fully saturated rings. The summed E-state index contributed by atoms with van der Waals surface area (Å²) in [5, 5.41) is 3.42. The Labute approximate surface area is 108 Å². The van der Waals surface area contributed by atoms with Crippen molar-refractivity contribution in [3.63, 3.8) is 0 Å². The van der Waals surface area contributed by atoms with Crippen LogP contribution in [0.2, 0.25) is 0 Å². The fourth-order valence-electron chi connectivity index (χ4n) is 2.63. The van der Waals surface area contributed by atoms with Crippen molar-refractivity contribution in [2.75, 3.05) is 20.3 Å². The molecule has 0 bridgehead atoms. The second-order valence-electron chi connectivity index (χ2n) is 5.23. The summed E-state index contributed by atoms with van der Waals surface area (Å²) in [6, 6.07) is 6.58. The molecule has 1 heterocycles. The third-order valence-corrected chi connectivity index (χ3v) is 3.88. The monoisotopic (exact) mass is 247 g/mol. The van der Waals surface area contributed by atoms with Crippen LogP contribution in [0.4, 0.5) is 0 Å². The first-order valence-corrected chi connectivity index (χ1v) is 6.94. The molecule has 3 rings (SSSR count). The molecule has 0 radical (unpaired) electrons. The molecular formula is C15H21NO2. The molecule has 3 nitrogen and oxygen atoms in total. The number of rotatable bonds is 5. The summed E-state index contributed by atoms with van der Waals surface area (Å²) in [4.78, 5) is 0. The van der Waals surface area contributed by atoms with Gasteiger partial charge in [0, 0.05) is 11.6 Å². The maximum absolute atomic E-state index is 5.79. The van der Waals surface area contributed by atoms with Gasteiger partial charge in [-0.25, -0.2) is 0 Å². The standard InChI is InChI=1S/C15H21NO2/c1-16-13(8-7-11-5-6-11)12-3-2-4-14-15(12)18-10-9-17-14/h2-4,11,13,16H,5-10H2,1H3. The van der Waals surface area contributed by atoms with Crippen molar-refractivity contribution in [3.05, 3.63) is 23.8 Å². The van der Waals surface area contributed by atoms with Crippen LogP contribution in [-0.2, 0) is 0 Å². The van der Waals surface area contributed by atoms with E-state index in [1.165, 1.54) is 31.2 Å². The van der Waals surface area contributed by atoms with E-state index in [9.17, 15) is 0 Å². The van der Waals surface area contributed by atoms with Crippen LogP contribution in [0.1, 0.15) is 37.3 Å². The van der Waals surface area contributed by atoms with E-state index >= 15 is 0 Å². The highest BCUT2D eigenvalue weighted by Gasteiger charge is 2.25. The van der Waals surface area contributed by atoms with Gasteiger partial charge in [0.05, 0.1) is 0 Å². The molecule has 1 saturated carbocycles. The molecule has 0 aromatic heterocycles. The summed E-state index contributed by atoms with van der Waals surface area (Å²) in [5.74, 6) is 2.81. The molecule has 1 aromatic carbocycles. The van der Waals surface area contributed by atoms with Gasteiger partial charge < -0.3 is 14.8 Å². The lowest BCUT2D eigenvalue weighted by Crippen LogP contribution is -2.21. The quantitative estimate of drug-likeness (QED) is 0.868. The van der Waals surface area contributed by atoms with Crippen LogP contribution in [0.3, 0.4) is 0 Å². The number of nitrogens with one attached hydrogen (secondary N) is 1. The second-order valence-corrected chi connectivity index (χ2v) is 5.23. The summed E-state index contributed by atoms with van der Waals surface area (Å²) < 4.78 is 11.4. The van der Waals surface area contributed by atoms with Crippen LogP contribution in [-0.4, -0.2) is 20.3 Å². The maximum Gasteiger partial charge on any atom is 0.166 e. The molecule has 1 aliphatic heterocycles. The van der Waals surface area contributed by atoms with Gasteiger partial charge in [-0.1, -0.05) is 25.0 Å². The molecule has 1 aromatic rings. The van der Waals surface area contributed by atoms with Crippen LogP contribution < -0.4 is 14.8 Å². The van der Waals surface area contributed by atoms with Crippen molar-refractivity contribution in [3.8, 4) is 11.5 Å². The SMILES string of the molecule is CNC(CCC1CC1)c1cccc2c1OCCO2. The van der Waals surface area contributed by atoms with Gasteiger partial charge in [0.15, 0.2) is 11.5 Å². The molecule has 1 N–H and O–H groups in total. The smallest absolute Gasteiger partial charge is 0.166 e. The minimum absolute atomic E-state index is 0.377. The average Bonchev–Trinajstić information content (AvgIpc) is 3.24. The zero-order valence-corrected chi connectivity index (χ0v) is 10.9. The normalized spacial score (nSPS) is 19.6. The molecule has 0 saturated heterocycles. The Hall–Kier alpha value is -1.22. The third-order valence-electron chi connectivity index (χ3n) is 3.88. The molecular weight excluding hydrogens is 226 g/mol. The van der Waals surface area contributed by atoms with Crippen LogP contribution in [0.5, 0.6) is 11.5 Å². The van der Waals surface area contributed by atoms with Gasteiger partial charge in [-0.15, -0.1) is 0 Å². The molecule has 1 atom stereocenters. The number of fused-ring (bicyclic) bond motifs is 1. The minimum Gasteiger partial charge on any atom is -0.486 e. The number of benzene rings is 1. The van der Waals surface area contributed by atoms with Crippen molar-refractivity contribution >= 4 is 0 Å². The summed E-state index contributed by atoms with van der Waals surface area (Å²) in [7, 11) is 2.03. The Balaban J connectivity index is 1.79.